The fraction of sp³-hybridized carbons (Fsp3) is 0.0909. The zero-order valence-corrected chi connectivity index (χ0v) is 32.9. The summed E-state index contributed by atoms with van der Waals surface area (Å²) in [7, 11) is 0. The van der Waals surface area contributed by atoms with E-state index in [1.165, 1.54) is 0 Å². The summed E-state index contributed by atoms with van der Waals surface area (Å²) in [5.41, 5.74) is -0.438. The first-order valence-electron chi connectivity index (χ1n) is 18.5. The molecule has 4 amide bonds. The standard InChI is InChI=1S/C44H28F12N6O4/c45-41(46,47)33-17-23(57)5-13-31(33)39(65)59-25-7-1-21(2-8-25)37(63)61-27-11-15-29(35(19-27)43(51,52)53)30-16-12-28(20-36(30)44(54,55)56)62-38(64)22-3-9-26(10-4-22)60-40(66)32-14-6-24(58)18-34(32)42(48,49)50/h1-20H,57-58H2,(H,59,65)(H,60,66)(H,61,63)(H,62,64). The second kappa shape index (κ2) is 17.9. The largest absolute Gasteiger partial charge is 0.417 e. The van der Waals surface area contributed by atoms with Crippen molar-refractivity contribution in [3.63, 3.8) is 0 Å². The van der Waals surface area contributed by atoms with Crippen LogP contribution in [0.4, 0.5) is 86.8 Å². The Morgan fingerprint density at radius 3 is 0.924 bits per heavy atom. The Hall–Kier alpha value is -8.04. The van der Waals surface area contributed by atoms with Gasteiger partial charge in [0.05, 0.1) is 33.4 Å². The van der Waals surface area contributed by atoms with Crippen LogP contribution >= 0.6 is 0 Å². The molecule has 6 rings (SSSR count). The Kier molecular flexibility index (Phi) is 12.8. The van der Waals surface area contributed by atoms with Crippen molar-refractivity contribution in [2.45, 2.75) is 24.7 Å². The van der Waals surface area contributed by atoms with Gasteiger partial charge in [-0.05, 0) is 120 Å². The van der Waals surface area contributed by atoms with Gasteiger partial charge in [-0.3, -0.25) is 19.2 Å². The van der Waals surface area contributed by atoms with Gasteiger partial charge in [-0.1, -0.05) is 12.1 Å². The van der Waals surface area contributed by atoms with E-state index in [0.717, 1.165) is 84.9 Å². The zero-order valence-electron chi connectivity index (χ0n) is 32.9. The minimum Gasteiger partial charge on any atom is -0.399 e. The van der Waals surface area contributed by atoms with Crippen LogP contribution in [-0.2, 0) is 24.7 Å². The predicted molar refractivity (Wildman–Crippen MR) is 218 cm³/mol. The van der Waals surface area contributed by atoms with Crippen LogP contribution in [0, 0.1) is 0 Å². The van der Waals surface area contributed by atoms with Crippen molar-refractivity contribution in [3.05, 3.63) is 166 Å². The lowest BCUT2D eigenvalue weighted by molar-refractivity contribution is -0.139. The molecule has 342 valence electrons. The molecule has 0 atom stereocenters. The number of hydrogen-bond acceptors (Lipinski definition) is 6. The van der Waals surface area contributed by atoms with Crippen LogP contribution in [-0.4, -0.2) is 23.6 Å². The number of benzene rings is 6. The van der Waals surface area contributed by atoms with Crippen molar-refractivity contribution in [2.75, 3.05) is 32.7 Å². The maximum absolute atomic E-state index is 14.5. The third-order valence-corrected chi connectivity index (χ3v) is 9.45. The second-order valence-electron chi connectivity index (χ2n) is 14.1. The minimum atomic E-state index is -5.29. The summed E-state index contributed by atoms with van der Waals surface area (Å²) in [6.07, 6.45) is -20.4. The molecule has 66 heavy (non-hydrogen) atoms. The van der Waals surface area contributed by atoms with Crippen LogP contribution in [0.3, 0.4) is 0 Å². The van der Waals surface area contributed by atoms with Gasteiger partial charge in [0.25, 0.3) is 23.6 Å². The molecule has 22 heteroatoms. The highest BCUT2D eigenvalue weighted by Gasteiger charge is 2.40. The van der Waals surface area contributed by atoms with Gasteiger partial charge in [-0.15, -0.1) is 0 Å². The summed E-state index contributed by atoms with van der Waals surface area (Å²) < 4.78 is 168. The van der Waals surface area contributed by atoms with Crippen molar-refractivity contribution < 1.29 is 71.9 Å². The summed E-state index contributed by atoms with van der Waals surface area (Å²) in [6, 6.07) is 17.8. The molecule has 0 saturated heterocycles. The number of anilines is 6. The summed E-state index contributed by atoms with van der Waals surface area (Å²) in [4.78, 5) is 51.3. The molecule has 0 heterocycles. The van der Waals surface area contributed by atoms with Crippen molar-refractivity contribution in [3.8, 4) is 11.1 Å². The maximum atomic E-state index is 14.5. The first kappa shape index (κ1) is 47.4. The van der Waals surface area contributed by atoms with E-state index in [4.69, 9.17) is 11.5 Å². The molecule has 0 aliphatic heterocycles. The summed E-state index contributed by atoms with van der Waals surface area (Å²) in [5, 5.41) is 8.83. The van der Waals surface area contributed by atoms with E-state index in [-0.39, 0.29) is 33.9 Å². The highest BCUT2D eigenvalue weighted by molar-refractivity contribution is 6.08. The quantitative estimate of drug-likeness (QED) is 0.0623. The Morgan fingerprint density at radius 2 is 0.621 bits per heavy atom. The van der Waals surface area contributed by atoms with Gasteiger partial charge in [0.2, 0.25) is 0 Å². The molecule has 0 unspecified atom stereocenters. The SMILES string of the molecule is Nc1ccc(C(=O)Nc2ccc(C(=O)Nc3ccc(-c4ccc(NC(=O)c5ccc(NC(=O)c6ccc(N)cc6C(F)(F)F)cc5)cc4C(F)(F)F)c(C(F)(F)F)c3)cc2)c(C(F)(F)F)c1. The Balaban J connectivity index is 1.17. The van der Waals surface area contributed by atoms with E-state index in [9.17, 15) is 71.9 Å². The van der Waals surface area contributed by atoms with Crippen LogP contribution in [0.2, 0.25) is 0 Å². The number of hydrogen-bond donors (Lipinski definition) is 6. The fourth-order valence-corrected chi connectivity index (χ4v) is 6.38. The number of carbonyl (C=O) groups is 4. The average Bonchev–Trinajstić information content (AvgIpc) is 3.22. The normalized spacial score (nSPS) is 12.0. The van der Waals surface area contributed by atoms with Crippen LogP contribution in [0.25, 0.3) is 11.1 Å². The molecule has 0 fully saturated rings. The first-order valence-corrected chi connectivity index (χ1v) is 18.5. The van der Waals surface area contributed by atoms with Crippen LogP contribution in [0.15, 0.2) is 121 Å². The van der Waals surface area contributed by atoms with Gasteiger partial charge in [-0.25, -0.2) is 0 Å². The predicted octanol–water partition coefficient (Wildman–Crippen LogP) is 11.6. The molecule has 0 aliphatic carbocycles. The molecule has 6 aromatic rings. The number of amides is 4. The van der Waals surface area contributed by atoms with Gasteiger partial charge in [0.15, 0.2) is 0 Å². The summed E-state index contributed by atoms with van der Waals surface area (Å²) in [6.45, 7) is 0. The first-order chi connectivity index (χ1) is 30.7. The zero-order chi connectivity index (χ0) is 48.5. The topological polar surface area (TPSA) is 168 Å². The molecule has 8 N–H and O–H groups in total. The van der Waals surface area contributed by atoms with Crippen molar-refractivity contribution in [2.24, 2.45) is 0 Å². The van der Waals surface area contributed by atoms with E-state index in [1.807, 2.05) is 0 Å². The monoisotopic (exact) mass is 932 g/mol. The smallest absolute Gasteiger partial charge is 0.399 e. The van der Waals surface area contributed by atoms with Gasteiger partial charge in [-0.2, -0.15) is 52.7 Å². The fourth-order valence-electron chi connectivity index (χ4n) is 6.38. The molecule has 10 nitrogen and oxygen atoms in total. The average molecular weight is 933 g/mol. The molecule has 0 aliphatic rings. The van der Waals surface area contributed by atoms with Crippen LogP contribution in [0.5, 0.6) is 0 Å². The van der Waals surface area contributed by atoms with E-state index in [2.05, 4.69) is 21.3 Å². The minimum absolute atomic E-state index is 0.0700. The van der Waals surface area contributed by atoms with E-state index in [0.29, 0.717) is 36.4 Å². The number of halogens is 12. The van der Waals surface area contributed by atoms with Crippen molar-refractivity contribution >= 4 is 57.8 Å². The number of nitrogens with one attached hydrogen (secondary N) is 4. The van der Waals surface area contributed by atoms with Gasteiger partial charge < -0.3 is 32.7 Å². The number of carbonyl (C=O) groups excluding carboxylic acids is 4. The summed E-state index contributed by atoms with van der Waals surface area (Å²) >= 11 is 0. The van der Waals surface area contributed by atoms with Crippen molar-refractivity contribution in [1.29, 1.82) is 0 Å². The van der Waals surface area contributed by atoms with Crippen molar-refractivity contribution in [1.82, 2.24) is 0 Å². The lowest BCUT2D eigenvalue weighted by Gasteiger charge is -2.20. The summed E-state index contributed by atoms with van der Waals surface area (Å²) in [5.74, 6) is -4.37. The molecule has 0 saturated carbocycles. The molecule has 0 radical (unpaired) electrons. The van der Waals surface area contributed by atoms with E-state index < -0.39 is 104 Å². The molecule has 0 spiro atoms. The van der Waals surface area contributed by atoms with Gasteiger partial charge >= 0.3 is 24.7 Å². The lowest BCUT2D eigenvalue weighted by atomic mass is 9.93. The highest BCUT2D eigenvalue weighted by atomic mass is 19.4. The second-order valence-corrected chi connectivity index (χ2v) is 14.1. The van der Waals surface area contributed by atoms with Crippen LogP contribution < -0.4 is 32.7 Å². The van der Waals surface area contributed by atoms with E-state index in [1.54, 1.807) is 0 Å². The molecular formula is C44H28F12N6O4. The Bertz CT molecular complexity index is 2660. The van der Waals surface area contributed by atoms with E-state index >= 15 is 0 Å². The molecule has 0 bridgehead atoms. The maximum Gasteiger partial charge on any atom is 0.417 e. The Morgan fingerprint density at radius 1 is 0.333 bits per heavy atom. The third-order valence-electron chi connectivity index (χ3n) is 9.45. The number of nitrogens with two attached hydrogens (primary N) is 2. The molecule has 0 aromatic heterocycles. The molecular weight excluding hydrogens is 904 g/mol. The van der Waals surface area contributed by atoms with Gasteiger partial charge in [0.1, 0.15) is 0 Å². The van der Waals surface area contributed by atoms with Gasteiger partial charge in [0, 0.05) is 45.3 Å². The lowest BCUT2D eigenvalue weighted by Crippen LogP contribution is -2.19. The number of nitrogen functional groups attached to an aromatic ring is 2. The molecule has 6 aromatic carbocycles. The number of alkyl halides is 12. The Labute approximate surface area is 363 Å². The third kappa shape index (κ3) is 11.0. The number of rotatable bonds is 9. The highest BCUT2D eigenvalue weighted by Crippen LogP contribution is 2.45. The van der Waals surface area contributed by atoms with Crippen LogP contribution in [0.1, 0.15) is 63.7 Å².